The molecule has 0 fully saturated rings. The van der Waals surface area contributed by atoms with Crippen molar-refractivity contribution < 1.29 is 18.3 Å². The molecule has 0 aliphatic carbocycles. The van der Waals surface area contributed by atoms with Gasteiger partial charge in [-0.25, -0.2) is 8.42 Å². The molecule has 0 radical (unpaired) electrons. The fourth-order valence-electron chi connectivity index (χ4n) is 3.39. The Labute approximate surface area is 228 Å². The number of halogens is 1. The number of carbonyl (C=O) groups excluding carboxylic acids is 1. The highest BCUT2D eigenvalue weighted by Gasteiger charge is 2.19. The molecule has 3 aromatic carbocycles. The van der Waals surface area contributed by atoms with Crippen molar-refractivity contribution in [2.24, 2.45) is 10.2 Å². The number of aliphatic hydroxyl groups is 1. The van der Waals surface area contributed by atoms with Gasteiger partial charge < -0.3 is 10.4 Å². The van der Waals surface area contributed by atoms with Crippen LogP contribution in [-0.2, 0) is 14.8 Å². The van der Waals surface area contributed by atoms with Crippen molar-refractivity contribution in [1.82, 2.24) is 4.98 Å². The second-order valence-electron chi connectivity index (χ2n) is 8.02. The number of nitrogens with one attached hydrogen (secondary N) is 2. The van der Waals surface area contributed by atoms with Crippen molar-refractivity contribution in [3.8, 4) is 0 Å². The van der Waals surface area contributed by atoms with E-state index in [2.05, 4.69) is 41.2 Å². The minimum atomic E-state index is -3.86. The van der Waals surface area contributed by atoms with Crippen LogP contribution >= 0.6 is 15.9 Å². The lowest BCUT2D eigenvalue weighted by molar-refractivity contribution is -0.112. The Bertz CT molecular complexity index is 1610. The summed E-state index contributed by atoms with van der Waals surface area (Å²) in [4.78, 5) is 17.0. The molecule has 3 N–H and O–H groups in total. The molecule has 0 unspecified atom stereocenters. The Morgan fingerprint density at radius 2 is 1.68 bits per heavy atom. The zero-order valence-electron chi connectivity index (χ0n) is 20.0. The van der Waals surface area contributed by atoms with Crippen molar-refractivity contribution in [3.63, 3.8) is 0 Å². The third-order valence-corrected chi connectivity index (χ3v) is 7.29. The number of azo groups is 1. The standard InChI is InChI=1S/C27H22BrN5O4S/c1-18-16-22(13-14-24(18)38(36,37)33-21-11-9-20(28)10-12-21)31-32-25(26(34)19-6-3-2-4-7-19)27(35)30-23-8-5-15-29-17-23/h2-17,33-34H,1H3,(H,30,35). The van der Waals surface area contributed by atoms with Gasteiger partial charge in [0.15, 0.2) is 11.5 Å². The highest BCUT2D eigenvalue weighted by Crippen LogP contribution is 2.26. The smallest absolute Gasteiger partial charge is 0.280 e. The number of aryl methyl sites for hydroxylation is 1. The van der Waals surface area contributed by atoms with E-state index in [0.717, 1.165) is 4.47 Å². The second-order valence-corrected chi connectivity index (χ2v) is 10.6. The summed E-state index contributed by atoms with van der Waals surface area (Å²) in [7, 11) is -3.86. The van der Waals surface area contributed by atoms with Crippen LogP contribution in [0, 0.1) is 6.92 Å². The van der Waals surface area contributed by atoms with E-state index in [4.69, 9.17) is 0 Å². The van der Waals surface area contributed by atoms with Crippen LogP contribution < -0.4 is 10.0 Å². The summed E-state index contributed by atoms with van der Waals surface area (Å²) < 4.78 is 29.2. The van der Waals surface area contributed by atoms with Gasteiger partial charge in [0.05, 0.1) is 22.5 Å². The summed E-state index contributed by atoms with van der Waals surface area (Å²) in [6.45, 7) is 1.63. The number of sulfonamides is 1. The van der Waals surface area contributed by atoms with Crippen molar-refractivity contribution >= 4 is 54.7 Å². The molecule has 1 amide bonds. The molecule has 4 rings (SSSR count). The Morgan fingerprint density at radius 1 is 0.947 bits per heavy atom. The number of rotatable bonds is 8. The van der Waals surface area contributed by atoms with Crippen LogP contribution in [-0.4, -0.2) is 24.4 Å². The summed E-state index contributed by atoms with van der Waals surface area (Å²) in [6.07, 6.45) is 3.02. The molecular formula is C27H22BrN5O4S. The van der Waals surface area contributed by atoms with E-state index in [1.165, 1.54) is 24.4 Å². The van der Waals surface area contributed by atoms with E-state index in [1.807, 2.05) is 0 Å². The Hall–Kier alpha value is -4.35. The summed E-state index contributed by atoms with van der Waals surface area (Å²) >= 11 is 3.32. The highest BCUT2D eigenvalue weighted by atomic mass is 79.9. The Kier molecular flexibility index (Phi) is 8.29. The number of nitrogens with zero attached hydrogens (tertiary/aromatic N) is 3. The van der Waals surface area contributed by atoms with Gasteiger partial charge in [0.2, 0.25) is 0 Å². The van der Waals surface area contributed by atoms with Gasteiger partial charge in [-0.15, -0.1) is 5.11 Å². The number of aromatic nitrogens is 1. The molecule has 0 saturated carbocycles. The molecule has 0 saturated heterocycles. The Morgan fingerprint density at radius 3 is 2.34 bits per heavy atom. The molecule has 1 aromatic heterocycles. The van der Waals surface area contributed by atoms with Crippen molar-refractivity contribution in [1.29, 1.82) is 0 Å². The fourth-order valence-corrected chi connectivity index (χ4v) is 4.94. The average molecular weight is 592 g/mol. The van der Waals surface area contributed by atoms with Gasteiger partial charge >= 0.3 is 0 Å². The van der Waals surface area contributed by atoms with Crippen molar-refractivity contribution in [2.45, 2.75) is 11.8 Å². The molecule has 1 heterocycles. The SMILES string of the molecule is Cc1cc(N=NC(C(=O)Nc2cccnc2)=C(O)c2ccccc2)ccc1S(=O)(=O)Nc1ccc(Br)cc1. The first-order chi connectivity index (χ1) is 18.2. The van der Waals surface area contributed by atoms with Crippen LogP contribution in [0.3, 0.4) is 0 Å². The zero-order chi connectivity index (χ0) is 27.1. The molecule has 0 aliphatic rings. The summed E-state index contributed by atoms with van der Waals surface area (Å²) in [6, 6.07) is 22.9. The minimum Gasteiger partial charge on any atom is -0.505 e. The second kappa shape index (κ2) is 11.8. The molecule has 0 aliphatic heterocycles. The first-order valence-corrected chi connectivity index (χ1v) is 13.5. The molecule has 0 atom stereocenters. The summed E-state index contributed by atoms with van der Waals surface area (Å²) in [5, 5.41) is 21.6. The van der Waals surface area contributed by atoms with Gasteiger partial charge in [0.1, 0.15) is 0 Å². The number of carbonyl (C=O) groups is 1. The van der Waals surface area contributed by atoms with Gasteiger partial charge in [-0.05, 0) is 67.1 Å². The topological polar surface area (TPSA) is 133 Å². The van der Waals surface area contributed by atoms with E-state index in [1.54, 1.807) is 79.9 Å². The van der Waals surface area contributed by atoms with Crippen molar-refractivity contribution in [3.05, 3.63) is 119 Å². The zero-order valence-corrected chi connectivity index (χ0v) is 22.4. The molecule has 192 valence electrons. The van der Waals surface area contributed by atoms with E-state index in [-0.39, 0.29) is 22.0 Å². The molecule has 0 spiro atoms. The molecule has 11 heteroatoms. The fraction of sp³-hybridized carbons (Fsp3) is 0.0370. The first kappa shape index (κ1) is 26.7. The lowest BCUT2D eigenvalue weighted by Crippen LogP contribution is -2.15. The van der Waals surface area contributed by atoms with Crippen LogP contribution in [0.4, 0.5) is 17.1 Å². The predicted molar refractivity (Wildman–Crippen MR) is 150 cm³/mol. The van der Waals surface area contributed by atoms with Crippen LogP contribution in [0.1, 0.15) is 11.1 Å². The van der Waals surface area contributed by atoms with Gasteiger partial charge in [-0.2, -0.15) is 5.11 Å². The number of hydrogen-bond donors (Lipinski definition) is 3. The quantitative estimate of drug-likeness (QED) is 0.120. The molecule has 0 bridgehead atoms. The van der Waals surface area contributed by atoms with Gasteiger partial charge in [-0.1, -0.05) is 46.3 Å². The number of pyridine rings is 1. The first-order valence-electron chi connectivity index (χ1n) is 11.2. The molecular weight excluding hydrogens is 570 g/mol. The predicted octanol–water partition coefficient (Wildman–Crippen LogP) is 6.60. The highest BCUT2D eigenvalue weighted by molar-refractivity contribution is 9.10. The van der Waals surface area contributed by atoms with E-state index in [9.17, 15) is 18.3 Å². The summed E-state index contributed by atoms with van der Waals surface area (Å²) in [5.74, 6) is -1.07. The summed E-state index contributed by atoms with van der Waals surface area (Å²) in [5.41, 5.74) is 1.59. The van der Waals surface area contributed by atoms with Crippen LogP contribution in [0.2, 0.25) is 0 Å². The number of hydrogen-bond acceptors (Lipinski definition) is 7. The van der Waals surface area contributed by atoms with Crippen LogP contribution in [0.5, 0.6) is 0 Å². The third-order valence-electron chi connectivity index (χ3n) is 5.22. The average Bonchev–Trinajstić information content (AvgIpc) is 2.91. The number of benzene rings is 3. The number of amides is 1. The maximum absolute atomic E-state index is 13.0. The minimum absolute atomic E-state index is 0.0663. The number of aliphatic hydroxyl groups excluding tert-OH is 1. The monoisotopic (exact) mass is 591 g/mol. The number of anilines is 2. The van der Waals surface area contributed by atoms with Gasteiger partial charge in [0.25, 0.3) is 15.9 Å². The maximum Gasteiger partial charge on any atom is 0.280 e. The molecule has 38 heavy (non-hydrogen) atoms. The largest absolute Gasteiger partial charge is 0.505 e. The van der Waals surface area contributed by atoms with Crippen molar-refractivity contribution in [2.75, 3.05) is 10.0 Å². The van der Waals surface area contributed by atoms with E-state index >= 15 is 0 Å². The maximum atomic E-state index is 13.0. The normalized spacial score (nSPS) is 12.2. The lowest BCUT2D eigenvalue weighted by Gasteiger charge is -2.11. The third kappa shape index (κ3) is 6.69. The molecule has 4 aromatic rings. The van der Waals surface area contributed by atoms with Crippen LogP contribution in [0.15, 0.2) is 123 Å². The van der Waals surface area contributed by atoms with Gasteiger partial charge in [0, 0.05) is 21.9 Å². The molecule has 9 nitrogen and oxygen atoms in total. The van der Waals surface area contributed by atoms with Gasteiger partial charge in [-0.3, -0.25) is 14.5 Å². The van der Waals surface area contributed by atoms with E-state index in [0.29, 0.717) is 22.5 Å². The Balaban J connectivity index is 1.62. The van der Waals surface area contributed by atoms with E-state index < -0.39 is 15.9 Å². The van der Waals surface area contributed by atoms with Crippen LogP contribution in [0.25, 0.3) is 5.76 Å². The lowest BCUT2D eigenvalue weighted by atomic mass is 10.1.